The highest BCUT2D eigenvalue weighted by Crippen LogP contribution is 2.38. The van der Waals surface area contributed by atoms with Gasteiger partial charge in [-0.25, -0.2) is 0 Å². The molecule has 1 aromatic carbocycles. The van der Waals surface area contributed by atoms with Crippen molar-refractivity contribution in [3.63, 3.8) is 0 Å². The minimum Gasteiger partial charge on any atom is -0.377 e. The maximum atomic E-state index is 12.9. The quantitative estimate of drug-likeness (QED) is 0.857. The molecule has 0 amide bonds. The van der Waals surface area contributed by atoms with Crippen molar-refractivity contribution in [1.82, 2.24) is 4.98 Å². The number of aromatic nitrogens is 1. The molecule has 1 heterocycles. The van der Waals surface area contributed by atoms with E-state index in [0.29, 0.717) is 5.69 Å². The summed E-state index contributed by atoms with van der Waals surface area (Å²) >= 11 is 5.62. The van der Waals surface area contributed by atoms with Crippen LogP contribution in [0, 0.1) is 0 Å². The van der Waals surface area contributed by atoms with Crippen molar-refractivity contribution in [3.05, 3.63) is 58.4 Å². The Hall–Kier alpha value is -1.75. The molecule has 2 nitrogen and oxygen atoms in total. The minimum atomic E-state index is -4.46. The van der Waals surface area contributed by atoms with E-state index in [4.69, 9.17) is 11.6 Å². The molecule has 6 heteroatoms. The van der Waals surface area contributed by atoms with Crippen LogP contribution in [-0.2, 0) is 12.6 Å². The fraction of sp³-hybridized carbons (Fsp3) is 0.267. The Kier molecular flexibility index (Phi) is 3.53. The second kappa shape index (κ2) is 5.22. The molecule has 1 atom stereocenters. The molecule has 0 saturated heterocycles. The molecule has 1 aliphatic carbocycles. The Morgan fingerprint density at radius 2 is 2.05 bits per heavy atom. The van der Waals surface area contributed by atoms with Gasteiger partial charge in [0.05, 0.1) is 22.3 Å². The lowest BCUT2D eigenvalue weighted by Crippen LogP contribution is -2.11. The summed E-state index contributed by atoms with van der Waals surface area (Å²) in [6.45, 7) is 0. The topological polar surface area (TPSA) is 24.9 Å². The number of halogens is 4. The molecule has 0 bridgehead atoms. The number of nitrogens with zero attached hydrogens (tertiary/aromatic N) is 1. The van der Waals surface area contributed by atoms with Crippen molar-refractivity contribution < 1.29 is 13.2 Å². The van der Waals surface area contributed by atoms with Gasteiger partial charge in [-0.1, -0.05) is 17.7 Å². The van der Waals surface area contributed by atoms with Gasteiger partial charge in [-0.05, 0) is 42.7 Å². The molecule has 0 spiro atoms. The second-order valence-corrected chi connectivity index (χ2v) is 5.38. The number of alkyl halides is 3. The molecular weight excluding hydrogens is 301 g/mol. The van der Waals surface area contributed by atoms with Crippen LogP contribution >= 0.6 is 11.6 Å². The number of hydrogen-bond acceptors (Lipinski definition) is 2. The molecule has 0 radical (unpaired) electrons. The molecule has 1 N–H and O–H groups in total. The number of fused-ring (bicyclic) bond motifs is 1. The molecule has 0 fully saturated rings. The molecule has 2 aromatic rings. The molecular formula is C15H12ClF3N2. The van der Waals surface area contributed by atoms with Crippen LogP contribution in [0.3, 0.4) is 0 Å². The predicted octanol–water partition coefficient (Wildman–Crippen LogP) is 4.85. The smallest absolute Gasteiger partial charge is 0.377 e. The van der Waals surface area contributed by atoms with E-state index < -0.39 is 11.7 Å². The minimum absolute atomic E-state index is 0.0662. The van der Waals surface area contributed by atoms with Crippen LogP contribution in [0.15, 0.2) is 36.5 Å². The summed E-state index contributed by atoms with van der Waals surface area (Å²) in [4.78, 5) is 4.31. The Bertz CT molecular complexity index is 670. The fourth-order valence-corrected chi connectivity index (χ4v) is 2.81. The zero-order valence-electron chi connectivity index (χ0n) is 10.9. The normalized spacial score (nSPS) is 17.6. The molecule has 0 saturated carbocycles. The molecule has 1 aliphatic rings. The summed E-state index contributed by atoms with van der Waals surface area (Å²) in [6, 6.07) is 7.66. The number of rotatable bonds is 2. The summed E-state index contributed by atoms with van der Waals surface area (Å²) in [5.74, 6) is 0. The van der Waals surface area contributed by atoms with Gasteiger partial charge in [-0.2, -0.15) is 13.2 Å². The van der Waals surface area contributed by atoms with Crippen LogP contribution < -0.4 is 5.32 Å². The average molecular weight is 313 g/mol. The largest absolute Gasteiger partial charge is 0.417 e. The average Bonchev–Trinajstić information content (AvgIpc) is 2.83. The van der Waals surface area contributed by atoms with E-state index in [1.54, 1.807) is 12.3 Å². The van der Waals surface area contributed by atoms with E-state index in [1.165, 1.54) is 6.07 Å². The van der Waals surface area contributed by atoms with Gasteiger partial charge in [0, 0.05) is 11.9 Å². The number of aryl methyl sites for hydroxylation is 1. The molecule has 110 valence electrons. The van der Waals surface area contributed by atoms with Gasteiger partial charge in [-0.3, -0.25) is 4.98 Å². The first-order chi connectivity index (χ1) is 9.95. The second-order valence-electron chi connectivity index (χ2n) is 4.98. The number of nitrogens with one attached hydrogen (secondary N) is 1. The fourth-order valence-electron chi connectivity index (χ4n) is 2.59. The van der Waals surface area contributed by atoms with E-state index >= 15 is 0 Å². The van der Waals surface area contributed by atoms with Gasteiger partial charge in [0.25, 0.3) is 0 Å². The number of hydrogen-bond donors (Lipinski definition) is 1. The van der Waals surface area contributed by atoms with E-state index in [9.17, 15) is 13.2 Å². The van der Waals surface area contributed by atoms with Gasteiger partial charge in [0.2, 0.25) is 0 Å². The van der Waals surface area contributed by atoms with E-state index in [0.717, 1.165) is 30.2 Å². The Labute approximate surface area is 125 Å². The van der Waals surface area contributed by atoms with Crippen molar-refractivity contribution in [2.75, 3.05) is 5.32 Å². The first-order valence-corrected chi connectivity index (χ1v) is 6.90. The highest BCUT2D eigenvalue weighted by atomic mass is 35.5. The van der Waals surface area contributed by atoms with Gasteiger partial charge in [-0.15, -0.1) is 0 Å². The molecule has 21 heavy (non-hydrogen) atoms. The lowest BCUT2D eigenvalue weighted by Gasteiger charge is -2.17. The zero-order valence-corrected chi connectivity index (χ0v) is 11.7. The molecule has 3 rings (SSSR count). The van der Waals surface area contributed by atoms with Crippen molar-refractivity contribution in [1.29, 1.82) is 0 Å². The third-order valence-corrected chi connectivity index (χ3v) is 3.90. The lowest BCUT2D eigenvalue weighted by molar-refractivity contribution is -0.137. The van der Waals surface area contributed by atoms with Gasteiger partial charge >= 0.3 is 6.18 Å². The lowest BCUT2D eigenvalue weighted by atomic mass is 10.1. The first-order valence-electron chi connectivity index (χ1n) is 6.52. The Balaban J connectivity index is 1.87. The van der Waals surface area contributed by atoms with Crippen molar-refractivity contribution >= 4 is 17.3 Å². The van der Waals surface area contributed by atoms with E-state index in [2.05, 4.69) is 10.3 Å². The molecule has 0 aliphatic heterocycles. The van der Waals surface area contributed by atoms with Crippen molar-refractivity contribution in [2.45, 2.75) is 25.1 Å². The maximum Gasteiger partial charge on any atom is 0.417 e. The van der Waals surface area contributed by atoms with Gasteiger partial charge < -0.3 is 5.32 Å². The summed E-state index contributed by atoms with van der Waals surface area (Å²) < 4.78 is 38.6. The SMILES string of the molecule is FC(F)(F)c1cc(NC2CCc3cccnc32)ccc1Cl. The van der Waals surface area contributed by atoms with Crippen LogP contribution in [0.2, 0.25) is 5.02 Å². The van der Waals surface area contributed by atoms with Crippen LogP contribution in [-0.4, -0.2) is 4.98 Å². The predicted molar refractivity (Wildman–Crippen MR) is 75.4 cm³/mol. The molecule has 1 aromatic heterocycles. The van der Waals surface area contributed by atoms with Crippen LogP contribution in [0.5, 0.6) is 0 Å². The third-order valence-electron chi connectivity index (χ3n) is 3.57. The third kappa shape index (κ3) is 2.83. The zero-order chi connectivity index (χ0) is 15.0. The van der Waals surface area contributed by atoms with Crippen LogP contribution in [0.25, 0.3) is 0 Å². The Morgan fingerprint density at radius 1 is 1.24 bits per heavy atom. The molecule has 1 unspecified atom stereocenters. The summed E-state index contributed by atoms with van der Waals surface area (Å²) in [5, 5.41) is 2.82. The van der Waals surface area contributed by atoms with Crippen molar-refractivity contribution in [3.8, 4) is 0 Å². The number of anilines is 1. The monoisotopic (exact) mass is 312 g/mol. The summed E-state index contributed by atoms with van der Waals surface area (Å²) in [5.41, 5.74) is 1.62. The van der Waals surface area contributed by atoms with Crippen LogP contribution in [0.4, 0.5) is 18.9 Å². The standard InChI is InChI=1S/C15H12ClF3N2/c16-12-5-4-10(8-11(12)15(17,18)19)21-13-6-3-9-2-1-7-20-14(9)13/h1-2,4-5,7-8,13,21H,3,6H2. The van der Waals surface area contributed by atoms with E-state index in [-0.39, 0.29) is 11.1 Å². The van der Waals surface area contributed by atoms with E-state index in [1.807, 2.05) is 12.1 Å². The van der Waals surface area contributed by atoms with Gasteiger partial charge in [0.1, 0.15) is 0 Å². The number of benzene rings is 1. The Morgan fingerprint density at radius 3 is 2.81 bits per heavy atom. The first kappa shape index (κ1) is 14.2. The summed E-state index contributed by atoms with van der Waals surface area (Å²) in [6.07, 6.45) is -1.07. The maximum absolute atomic E-state index is 12.9. The van der Waals surface area contributed by atoms with Gasteiger partial charge in [0.15, 0.2) is 0 Å². The number of pyridine rings is 1. The highest BCUT2D eigenvalue weighted by molar-refractivity contribution is 6.31. The van der Waals surface area contributed by atoms with Crippen LogP contribution in [0.1, 0.15) is 29.3 Å². The summed E-state index contributed by atoms with van der Waals surface area (Å²) in [7, 11) is 0. The van der Waals surface area contributed by atoms with Crippen molar-refractivity contribution in [2.24, 2.45) is 0 Å². The highest BCUT2D eigenvalue weighted by Gasteiger charge is 2.33.